The number of hydrogen-bond donors (Lipinski definition) is 0. The first-order valence-corrected chi connectivity index (χ1v) is 6.03. The first-order chi connectivity index (χ1) is 6.88. The van der Waals surface area contributed by atoms with E-state index in [0.717, 1.165) is 5.56 Å². The van der Waals surface area contributed by atoms with E-state index in [2.05, 4.69) is 4.74 Å². The molecule has 6 heteroatoms. The smallest absolute Gasteiger partial charge is 0.457 e. The van der Waals surface area contributed by atoms with Gasteiger partial charge in [0.05, 0.1) is 5.56 Å². The zero-order valence-electron chi connectivity index (χ0n) is 7.97. The van der Waals surface area contributed by atoms with Crippen LogP contribution in [0.2, 0.25) is 0 Å². The van der Waals surface area contributed by atoms with Gasteiger partial charge in [-0.15, -0.1) is 0 Å². The molecule has 0 spiro atoms. The number of esters is 1. The van der Waals surface area contributed by atoms with E-state index in [0.29, 0.717) is 0 Å². The molecule has 1 aromatic carbocycles. The molecule has 0 atom stereocenters. The summed E-state index contributed by atoms with van der Waals surface area (Å²) in [5.41, 5.74) is 1.07. The second-order valence-corrected chi connectivity index (χ2v) is 4.58. The predicted octanol–water partition coefficient (Wildman–Crippen LogP) is 2.54. The summed E-state index contributed by atoms with van der Waals surface area (Å²) in [5.74, 6) is -0.931. The molecule has 0 saturated carbocycles. The Morgan fingerprint density at radius 3 is 2.27 bits per heavy atom. The molecule has 0 unspecified atom stereocenters. The minimum Gasteiger partial charge on any atom is -0.457 e. The monoisotopic (exact) mass is 234 g/mol. The van der Waals surface area contributed by atoms with Crippen LogP contribution in [0.1, 0.15) is 15.9 Å². The van der Waals surface area contributed by atoms with E-state index >= 15 is 0 Å². The first-order valence-electron chi connectivity index (χ1n) is 4.19. The number of carbonyl (C=O) groups excluding carboxylic acids is 1. The lowest BCUT2D eigenvalue weighted by atomic mass is 10.2. The van der Waals surface area contributed by atoms with E-state index < -0.39 is 21.3 Å². The lowest BCUT2D eigenvalue weighted by molar-refractivity contribution is 0.0537. The Balaban J connectivity index is 2.58. The van der Waals surface area contributed by atoms with Crippen LogP contribution in [-0.4, -0.2) is 21.3 Å². The number of carbonyl (C=O) groups is 1. The molecule has 0 saturated heterocycles. The predicted molar refractivity (Wildman–Crippen MR) is 50.5 cm³/mol. The first kappa shape index (κ1) is 11.8. The van der Waals surface area contributed by atoms with Crippen LogP contribution in [0.25, 0.3) is 0 Å². The number of hydrogen-bond acceptors (Lipinski definition) is 2. The molecule has 15 heavy (non-hydrogen) atoms. The fraction of sp³-hybridized carbons (Fsp3) is 0.222. The van der Waals surface area contributed by atoms with Crippen LogP contribution < -0.4 is 0 Å². The van der Waals surface area contributed by atoms with Crippen LogP contribution in [0.3, 0.4) is 0 Å². The normalized spacial score (nSPS) is 11.2. The molecular formula is C9H9F3O2Si. The quantitative estimate of drug-likeness (QED) is 0.456. The van der Waals surface area contributed by atoms with Crippen LogP contribution in [-0.2, 0) is 4.74 Å². The maximum absolute atomic E-state index is 11.9. The molecule has 0 heterocycles. The van der Waals surface area contributed by atoms with E-state index in [9.17, 15) is 17.1 Å². The van der Waals surface area contributed by atoms with Crippen molar-refractivity contribution in [1.82, 2.24) is 0 Å². The fourth-order valence-electron chi connectivity index (χ4n) is 0.920. The highest BCUT2D eigenvalue weighted by Gasteiger charge is 2.39. The van der Waals surface area contributed by atoms with Crippen molar-refractivity contribution in [1.29, 1.82) is 0 Å². The highest BCUT2D eigenvalue weighted by molar-refractivity contribution is 6.58. The Morgan fingerprint density at radius 1 is 1.27 bits per heavy atom. The Kier molecular flexibility index (Phi) is 3.51. The Hall–Kier alpha value is -1.30. The van der Waals surface area contributed by atoms with Gasteiger partial charge in [0.15, 0.2) is 6.23 Å². The Bertz CT molecular complexity index is 345. The summed E-state index contributed by atoms with van der Waals surface area (Å²) in [6.07, 6.45) is -1.42. The highest BCUT2D eigenvalue weighted by atomic mass is 28.5. The molecule has 0 radical (unpaired) electrons. The van der Waals surface area contributed by atoms with Gasteiger partial charge >= 0.3 is 15.0 Å². The van der Waals surface area contributed by atoms with Gasteiger partial charge in [-0.05, 0) is 19.1 Å². The third kappa shape index (κ3) is 4.16. The average molecular weight is 234 g/mol. The van der Waals surface area contributed by atoms with Crippen molar-refractivity contribution in [2.75, 3.05) is 6.23 Å². The molecule has 0 amide bonds. The number of halogens is 3. The second-order valence-electron chi connectivity index (χ2n) is 3.06. The van der Waals surface area contributed by atoms with Crippen molar-refractivity contribution >= 4 is 15.0 Å². The summed E-state index contributed by atoms with van der Waals surface area (Å²) in [5, 5.41) is 0. The number of benzene rings is 1. The lowest BCUT2D eigenvalue weighted by Gasteiger charge is -2.05. The average Bonchev–Trinajstić information content (AvgIpc) is 2.14. The largest absolute Gasteiger partial charge is 0.656 e. The molecule has 0 aliphatic carbocycles. The van der Waals surface area contributed by atoms with Crippen molar-refractivity contribution in [3.8, 4) is 0 Å². The molecule has 0 bridgehead atoms. The van der Waals surface area contributed by atoms with E-state index in [1.165, 1.54) is 12.1 Å². The van der Waals surface area contributed by atoms with Gasteiger partial charge < -0.3 is 4.74 Å². The third-order valence-electron chi connectivity index (χ3n) is 1.65. The van der Waals surface area contributed by atoms with Gasteiger partial charge in [0.1, 0.15) is 0 Å². The van der Waals surface area contributed by atoms with Crippen molar-refractivity contribution in [3.63, 3.8) is 0 Å². The minimum atomic E-state index is -5.81. The van der Waals surface area contributed by atoms with Crippen molar-refractivity contribution in [3.05, 3.63) is 35.4 Å². The maximum atomic E-state index is 11.9. The van der Waals surface area contributed by atoms with Crippen LogP contribution in [0.5, 0.6) is 0 Å². The van der Waals surface area contributed by atoms with Gasteiger partial charge in [-0.2, -0.15) is 0 Å². The third-order valence-corrected chi connectivity index (χ3v) is 2.13. The summed E-state index contributed by atoms with van der Waals surface area (Å²) in [6, 6.07) is 6.16. The fourth-order valence-corrected chi connectivity index (χ4v) is 1.22. The summed E-state index contributed by atoms with van der Waals surface area (Å²) < 4.78 is 39.7. The van der Waals surface area contributed by atoms with Crippen LogP contribution >= 0.6 is 0 Å². The molecule has 0 aromatic heterocycles. The summed E-state index contributed by atoms with van der Waals surface area (Å²) in [7, 11) is -5.81. The molecular weight excluding hydrogens is 225 g/mol. The molecule has 0 aliphatic rings. The van der Waals surface area contributed by atoms with Gasteiger partial charge in [0.25, 0.3) is 0 Å². The van der Waals surface area contributed by atoms with E-state index in [4.69, 9.17) is 0 Å². The van der Waals surface area contributed by atoms with Crippen molar-refractivity contribution in [2.24, 2.45) is 0 Å². The maximum Gasteiger partial charge on any atom is 0.656 e. The minimum absolute atomic E-state index is 0.138. The molecule has 2 nitrogen and oxygen atoms in total. The molecule has 1 rings (SSSR count). The lowest BCUT2D eigenvalue weighted by Crippen LogP contribution is -2.26. The molecule has 0 fully saturated rings. The SMILES string of the molecule is Cc1ccc(C(=O)OC[Si](F)(F)F)cc1. The standard InChI is InChI=1S/C9H9F3O2Si/c1-7-2-4-8(5-3-7)9(13)14-6-15(10,11)12/h2-5H,6H2,1H3. The molecule has 1 aromatic rings. The number of rotatable bonds is 3. The van der Waals surface area contributed by atoms with Gasteiger partial charge in [0, 0.05) is 0 Å². The van der Waals surface area contributed by atoms with E-state index in [1.807, 2.05) is 6.92 Å². The van der Waals surface area contributed by atoms with Crippen LogP contribution in [0.4, 0.5) is 12.3 Å². The van der Waals surface area contributed by atoms with Gasteiger partial charge in [-0.25, -0.2) is 17.1 Å². The van der Waals surface area contributed by atoms with Crippen LogP contribution in [0.15, 0.2) is 24.3 Å². The van der Waals surface area contributed by atoms with Gasteiger partial charge in [-0.1, -0.05) is 17.7 Å². The van der Waals surface area contributed by atoms with E-state index in [1.54, 1.807) is 12.1 Å². The van der Waals surface area contributed by atoms with Gasteiger partial charge in [-0.3, -0.25) is 0 Å². The molecule has 0 aliphatic heterocycles. The Morgan fingerprint density at radius 2 is 1.80 bits per heavy atom. The molecule has 0 N–H and O–H groups in total. The number of ether oxygens (including phenoxy) is 1. The number of aryl methyl sites for hydroxylation is 1. The second kappa shape index (κ2) is 4.48. The highest BCUT2D eigenvalue weighted by Crippen LogP contribution is 2.10. The van der Waals surface area contributed by atoms with Crippen LogP contribution in [0, 0.1) is 6.92 Å². The Labute approximate surface area is 86.2 Å². The summed E-state index contributed by atoms with van der Waals surface area (Å²) in [6.45, 7) is 1.82. The molecule has 82 valence electrons. The zero-order valence-corrected chi connectivity index (χ0v) is 8.97. The summed E-state index contributed by atoms with van der Waals surface area (Å²) >= 11 is 0. The zero-order chi connectivity index (χ0) is 11.5. The summed E-state index contributed by atoms with van der Waals surface area (Å²) in [4.78, 5) is 11.1. The van der Waals surface area contributed by atoms with Gasteiger partial charge in [0.2, 0.25) is 0 Å². The van der Waals surface area contributed by atoms with Crippen molar-refractivity contribution < 1.29 is 21.9 Å². The van der Waals surface area contributed by atoms with Crippen molar-refractivity contribution in [2.45, 2.75) is 6.92 Å². The topological polar surface area (TPSA) is 26.3 Å². The van der Waals surface area contributed by atoms with E-state index in [-0.39, 0.29) is 5.56 Å².